The maximum atomic E-state index is 9.58. The van der Waals surface area contributed by atoms with Crippen molar-refractivity contribution < 1.29 is 0 Å². The molecule has 2 aromatic rings. The topological polar surface area (TPSA) is 54.1 Å². The Labute approximate surface area is 136 Å². The van der Waals surface area contributed by atoms with E-state index in [-0.39, 0.29) is 6.17 Å². The molecule has 3 rings (SSSR count). The van der Waals surface area contributed by atoms with Gasteiger partial charge in [-0.1, -0.05) is 12.1 Å². The molecule has 0 aromatic heterocycles. The molecule has 4 nitrogen and oxygen atoms in total. The molecule has 0 unspecified atom stereocenters. The predicted molar refractivity (Wildman–Crippen MR) is 91.8 cm³/mol. The third kappa shape index (κ3) is 2.20. The van der Waals surface area contributed by atoms with Crippen molar-refractivity contribution in [1.82, 2.24) is 0 Å². The van der Waals surface area contributed by atoms with E-state index in [0.29, 0.717) is 11.1 Å². The number of aryl methyl sites for hydroxylation is 2. The Bertz CT molecular complexity index is 870. The largest absolute Gasteiger partial charge is 0.352 e. The van der Waals surface area contributed by atoms with Crippen LogP contribution < -0.4 is 9.80 Å². The molecule has 0 spiro atoms. The van der Waals surface area contributed by atoms with E-state index in [1.54, 1.807) is 6.07 Å². The first kappa shape index (κ1) is 14.9. The molecule has 0 saturated carbocycles. The van der Waals surface area contributed by atoms with Crippen molar-refractivity contribution in [3.05, 3.63) is 52.6 Å². The maximum absolute atomic E-state index is 9.58. The first-order chi connectivity index (χ1) is 11.0. The summed E-state index contributed by atoms with van der Waals surface area (Å²) in [7, 11) is 2.00. The van der Waals surface area contributed by atoms with E-state index in [1.165, 1.54) is 5.56 Å². The van der Waals surface area contributed by atoms with Crippen LogP contribution in [-0.2, 0) is 0 Å². The van der Waals surface area contributed by atoms with Gasteiger partial charge in [0.1, 0.15) is 12.2 Å². The second kappa shape index (κ2) is 5.34. The minimum absolute atomic E-state index is 0.0755. The van der Waals surface area contributed by atoms with Crippen LogP contribution in [0, 0.1) is 36.5 Å². The van der Waals surface area contributed by atoms with Gasteiger partial charge in [-0.2, -0.15) is 10.5 Å². The van der Waals surface area contributed by atoms with Crippen LogP contribution in [0.3, 0.4) is 0 Å². The molecule has 0 fully saturated rings. The summed E-state index contributed by atoms with van der Waals surface area (Å²) in [5, 5.41) is 18.8. The zero-order chi connectivity index (χ0) is 16.7. The van der Waals surface area contributed by atoms with Crippen molar-refractivity contribution in [2.45, 2.75) is 26.9 Å². The van der Waals surface area contributed by atoms with E-state index in [4.69, 9.17) is 0 Å². The summed E-state index contributed by atoms with van der Waals surface area (Å²) in [5.74, 6) is 0. The molecule has 1 heterocycles. The van der Waals surface area contributed by atoms with Crippen molar-refractivity contribution in [2.24, 2.45) is 0 Å². The highest BCUT2D eigenvalue weighted by atomic mass is 15.4. The molecule has 0 aliphatic carbocycles. The van der Waals surface area contributed by atoms with Gasteiger partial charge in [0.25, 0.3) is 0 Å². The van der Waals surface area contributed by atoms with Gasteiger partial charge in [-0.25, -0.2) is 0 Å². The number of benzene rings is 2. The van der Waals surface area contributed by atoms with Gasteiger partial charge in [0, 0.05) is 12.7 Å². The van der Waals surface area contributed by atoms with Gasteiger partial charge in [-0.3, -0.25) is 0 Å². The lowest BCUT2D eigenvalue weighted by Crippen LogP contribution is -2.36. The number of nitrogens with zero attached hydrogens (tertiary/aromatic N) is 4. The van der Waals surface area contributed by atoms with Gasteiger partial charge < -0.3 is 9.80 Å². The van der Waals surface area contributed by atoms with Gasteiger partial charge >= 0.3 is 0 Å². The summed E-state index contributed by atoms with van der Waals surface area (Å²) in [6.45, 7) is 6.25. The molecule has 1 atom stereocenters. The SMILES string of the molecule is Cc1ccc(C)c(N2c3c(C#N)cc(C#N)cc3N(C)[C@@H]2C)c1. The van der Waals surface area contributed by atoms with E-state index >= 15 is 0 Å². The Morgan fingerprint density at radius 1 is 1.00 bits per heavy atom. The molecule has 0 N–H and O–H groups in total. The molecule has 0 saturated heterocycles. The second-order valence-electron chi connectivity index (χ2n) is 6.02. The van der Waals surface area contributed by atoms with Gasteiger partial charge in [0.15, 0.2) is 0 Å². The molecular formula is C19H18N4. The lowest BCUT2D eigenvalue weighted by Gasteiger charge is -2.29. The van der Waals surface area contributed by atoms with Crippen LogP contribution in [-0.4, -0.2) is 13.2 Å². The van der Waals surface area contributed by atoms with E-state index < -0.39 is 0 Å². The van der Waals surface area contributed by atoms with E-state index in [9.17, 15) is 10.5 Å². The zero-order valence-electron chi connectivity index (χ0n) is 13.8. The highest BCUT2D eigenvalue weighted by Gasteiger charge is 2.35. The molecule has 1 aliphatic rings. The van der Waals surface area contributed by atoms with Crippen molar-refractivity contribution in [3.8, 4) is 12.1 Å². The smallest absolute Gasteiger partial charge is 0.103 e. The third-order valence-electron chi connectivity index (χ3n) is 4.52. The lowest BCUT2D eigenvalue weighted by molar-refractivity contribution is 0.732. The van der Waals surface area contributed by atoms with E-state index in [0.717, 1.165) is 22.6 Å². The van der Waals surface area contributed by atoms with Gasteiger partial charge in [-0.15, -0.1) is 0 Å². The summed E-state index contributed by atoms with van der Waals surface area (Å²) >= 11 is 0. The maximum Gasteiger partial charge on any atom is 0.103 e. The number of nitriles is 2. The number of hydrogen-bond donors (Lipinski definition) is 0. The Morgan fingerprint density at radius 3 is 2.39 bits per heavy atom. The van der Waals surface area contributed by atoms with Crippen LogP contribution >= 0.6 is 0 Å². The van der Waals surface area contributed by atoms with Gasteiger partial charge in [-0.05, 0) is 50.1 Å². The van der Waals surface area contributed by atoms with Gasteiger partial charge in [0.2, 0.25) is 0 Å². The minimum Gasteiger partial charge on any atom is -0.352 e. The van der Waals surface area contributed by atoms with Crippen LogP contribution in [0.15, 0.2) is 30.3 Å². The Kier molecular flexibility index (Phi) is 3.47. The molecule has 1 aliphatic heterocycles. The molecule has 114 valence electrons. The average Bonchev–Trinajstić information content (AvgIpc) is 2.80. The van der Waals surface area contributed by atoms with Crippen molar-refractivity contribution >= 4 is 17.1 Å². The molecule has 0 amide bonds. The fourth-order valence-electron chi connectivity index (χ4n) is 3.15. The predicted octanol–water partition coefficient (Wildman–Crippen LogP) is 3.98. The van der Waals surface area contributed by atoms with Crippen molar-refractivity contribution in [2.75, 3.05) is 16.8 Å². The van der Waals surface area contributed by atoms with Crippen LogP contribution in [0.4, 0.5) is 17.1 Å². The van der Waals surface area contributed by atoms with Crippen LogP contribution in [0.2, 0.25) is 0 Å². The third-order valence-corrected chi connectivity index (χ3v) is 4.52. The summed E-state index contributed by atoms with van der Waals surface area (Å²) in [6.07, 6.45) is 0.0755. The second-order valence-corrected chi connectivity index (χ2v) is 6.02. The summed E-state index contributed by atoms with van der Waals surface area (Å²) in [6, 6.07) is 14.3. The van der Waals surface area contributed by atoms with Gasteiger partial charge in [0.05, 0.1) is 28.6 Å². The van der Waals surface area contributed by atoms with Crippen molar-refractivity contribution in [3.63, 3.8) is 0 Å². The average molecular weight is 302 g/mol. The van der Waals surface area contributed by atoms with E-state index in [1.807, 2.05) is 13.1 Å². The number of fused-ring (bicyclic) bond motifs is 1. The highest BCUT2D eigenvalue weighted by molar-refractivity contribution is 5.89. The summed E-state index contributed by atoms with van der Waals surface area (Å²) < 4.78 is 0. The summed E-state index contributed by atoms with van der Waals surface area (Å²) in [5.41, 5.74) is 6.31. The Balaban J connectivity index is 2.30. The van der Waals surface area contributed by atoms with Crippen LogP contribution in [0.25, 0.3) is 0 Å². The van der Waals surface area contributed by atoms with Crippen LogP contribution in [0.1, 0.15) is 29.2 Å². The number of rotatable bonds is 1. The highest BCUT2D eigenvalue weighted by Crippen LogP contribution is 2.46. The molecule has 4 heteroatoms. The minimum atomic E-state index is 0.0755. The number of hydrogen-bond acceptors (Lipinski definition) is 4. The van der Waals surface area contributed by atoms with Crippen LogP contribution in [0.5, 0.6) is 0 Å². The molecule has 23 heavy (non-hydrogen) atoms. The number of anilines is 3. The van der Waals surface area contributed by atoms with E-state index in [2.05, 4.69) is 60.9 Å². The Hall–Kier alpha value is -2.98. The molecule has 0 bridgehead atoms. The zero-order valence-corrected chi connectivity index (χ0v) is 13.8. The normalized spacial score (nSPS) is 16.0. The standard InChI is InChI=1S/C19H18N4/c1-12-5-6-13(2)17(7-12)23-14(3)22(4)18-9-15(10-20)8-16(11-21)19(18)23/h5-9,14H,1-4H3/t14-/m0/s1. The monoisotopic (exact) mass is 302 g/mol. The fraction of sp³-hybridized carbons (Fsp3) is 0.263. The first-order valence-electron chi connectivity index (χ1n) is 7.55. The lowest BCUT2D eigenvalue weighted by atomic mass is 10.1. The first-order valence-corrected chi connectivity index (χ1v) is 7.55. The van der Waals surface area contributed by atoms with Crippen molar-refractivity contribution in [1.29, 1.82) is 10.5 Å². The molecular weight excluding hydrogens is 284 g/mol. The molecule has 2 aromatic carbocycles. The fourth-order valence-corrected chi connectivity index (χ4v) is 3.15. The summed E-state index contributed by atoms with van der Waals surface area (Å²) in [4.78, 5) is 4.30. The quantitative estimate of drug-likeness (QED) is 0.799. The molecule has 0 radical (unpaired) electrons. The Morgan fingerprint density at radius 2 is 1.74 bits per heavy atom.